The van der Waals surface area contributed by atoms with Crippen molar-refractivity contribution in [1.29, 1.82) is 0 Å². The van der Waals surface area contributed by atoms with E-state index in [1.54, 1.807) is 30.2 Å². The van der Waals surface area contributed by atoms with Crippen LogP contribution in [0.3, 0.4) is 0 Å². The molecule has 0 bridgehead atoms. The molecular formula is C24H24FN3O3. The number of rotatable bonds is 5. The van der Waals surface area contributed by atoms with Crippen LogP contribution in [0.25, 0.3) is 11.3 Å². The fourth-order valence-electron chi connectivity index (χ4n) is 3.86. The van der Waals surface area contributed by atoms with Gasteiger partial charge in [0.25, 0.3) is 11.5 Å². The van der Waals surface area contributed by atoms with Gasteiger partial charge in [-0.05, 0) is 61.2 Å². The molecular weight excluding hydrogens is 397 g/mol. The number of nitrogens with zero attached hydrogens (tertiary/aromatic N) is 3. The van der Waals surface area contributed by atoms with Crippen LogP contribution in [0.2, 0.25) is 0 Å². The Hall–Kier alpha value is -3.48. The van der Waals surface area contributed by atoms with Crippen LogP contribution in [-0.4, -0.2) is 40.8 Å². The molecule has 0 saturated carbocycles. The zero-order chi connectivity index (χ0) is 21.8. The zero-order valence-corrected chi connectivity index (χ0v) is 17.3. The normalized spacial score (nSPS) is 14.5. The van der Waals surface area contributed by atoms with Crippen molar-refractivity contribution in [1.82, 2.24) is 14.7 Å². The standard InChI is InChI=1S/C24H24FN3O3/c1-31-19-8-6-18(7-9-19)22-10-11-23(29)28(26-22)16-17-12-14-27(15-13-17)24(30)20-4-2-3-5-21(20)25/h2-11,17H,12-16H2,1H3. The monoisotopic (exact) mass is 421 g/mol. The van der Waals surface area contributed by atoms with Crippen LogP contribution in [0, 0.1) is 11.7 Å². The van der Waals surface area contributed by atoms with E-state index in [1.165, 1.54) is 22.9 Å². The molecule has 0 spiro atoms. The van der Waals surface area contributed by atoms with E-state index in [0.29, 0.717) is 19.6 Å². The van der Waals surface area contributed by atoms with Gasteiger partial charge < -0.3 is 9.64 Å². The summed E-state index contributed by atoms with van der Waals surface area (Å²) in [7, 11) is 1.61. The third-order valence-electron chi connectivity index (χ3n) is 5.69. The predicted molar refractivity (Wildman–Crippen MR) is 116 cm³/mol. The number of amides is 1. The Morgan fingerprint density at radius 3 is 2.45 bits per heavy atom. The number of ether oxygens (including phenoxy) is 1. The molecule has 1 aliphatic heterocycles. The third-order valence-corrected chi connectivity index (χ3v) is 5.69. The summed E-state index contributed by atoms with van der Waals surface area (Å²) in [5, 5.41) is 4.54. The lowest BCUT2D eigenvalue weighted by atomic mass is 9.96. The van der Waals surface area contributed by atoms with Gasteiger partial charge in [0.05, 0.1) is 18.4 Å². The molecule has 2 aromatic carbocycles. The van der Waals surface area contributed by atoms with Gasteiger partial charge in [0.2, 0.25) is 0 Å². The van der Waals surface area contributed by atoms with Crippen molar-refractivity contribution in [3.05, 3.63) is 82.4 Å². The topological polar surface area (TPSA) is 64.4 Å². The first kappa shape index (κ1) is 20.8. The largest absolute Gasteiger partial charge is 0.497 e. The molecule has 1 fully saturated rings. The first-order valence-electron chi connectivity index (χ1n) is 10.3. The summed E-state index contributed by atoms with van der Waals surface area (Å²) in [4.78, 5) is 26.6. The van der Waals surface area contributed by atoms with E-state index >= 15 is 0 Å². The molecule has 160 valence electrons. The first-order valence-corrected chi connectivity index (χ1v) is 10.3. The second-order valence-electron chi connectivity index (χ2n) is 7.68. The van der Waals surface area contributed by atoms with Gasteiger partial charge in [-0.1, -0.05) is 12.1 Å². The van der Waals surface area contributed by atoms with Crippen molar-refractivity contribution in [2.45, 2.75) is 19.4 Å². The van der Waals surface area contributed by atoms with Crippen LogP contribution in [0.15, 0.2) is 65.5 Å². The predicted octanol–water partition coefficient (Wildman–Crippen LogP) is 3.61. The maximum Gasteiger partial charge on any atom is 0.266 e. The summed E-state index contributed by atoms with van der Waals surface area (Å²) in [6.07, 6.45) is 1.47. The van der Waals surface area contributed by atoms with Crippen molar-refractivity contribution in [3.63, 3.8) is 0 Å². The number of likely N-dealkylation sites (tertiary alicyclic amines) is 1. The quantitative estimate of drug-likeness (QED) is 0.631. The smallest absolute Gasteiger partial charge is 0.266 e. The Labute approximate surface area is 179 Å². The molecule has 1 saturated heterocycles. The molecule has 3 aromatic rings. The Bertz CT molecular complexity index is 1120. The molecule has 1 aliphatic rings. The van der Waals surface area contributed by atoms with Crippen LogP contribution >= 0.6 is 0 Å². The summed E-state index contributed by atoms with van der Waals surface area (Å²) < 4.78 is 20.6. The zero-order valence-electron chi connectivity index (χ0n) is 17.3. The summed E-state index contributed by atoms with van der Waals surface area (Å²) in [5.74, 6) is 0.198. The molecule has 6 nitrogen and oxygen atoms in total. The molecule has 1 amide bonds. The van der Waals surface area contributed by atoms with Crippen LogP contribution in [0.5, 0.6) is 5.75 Å². The van der Waals surface area contributed by atoms with Crippen molar-refractivity contribution < 1.29 is 13.9 Å². The lowest BCUT2D eigenvalue weighted by molar-refractivity contribution is 0.0676. The first-order chi connectivity index (χ1) is 15.0. The fraction of sp³-hybridized carbons (Fsp3) is 0.292. The van der Waals surface area contributed by atoms with Crippen molar-refractivity contribution in [3.8, 4) is 17.0 Å². The fourth-order valence-corrected chi connectivity index (χ4v) is 3.86. The van der Waals surface area contributed by atoms with E-state index in [0.717, 1.165) is 29.8 Å². The number of methoxy groups -OCH3 is 1. The second kappa shape index (κ2) is 9.12. The van der Waals surface area contributed by atoms with Crippen molar-refractivity contribution in [2.24, 2.45) is 5.92 Å². The number of benzene rings is 2. The minimum Gasteiger partial charge on any atom is -0.497 e. The molecule has 0 N–H and O–H groups in total. The molecule has 7 heteroatoms. The number of aromatic nitrogens is 2. The van der Waals surface area contributed by atoms with Gasteiger partial charge in [-0.25, -0.2) is 9.07 Å². The molecule has 0 atom stereocenters. The Morgan fingerprint density at radius 1 is 1.06 bits per heavy atom. The van der Waals surface area contributed by atoms with Crippen LogP contribution in [0.1, 0.15) is 23.2 Å². The molecule has 1 aromatic heterocycles. The third kappa shape index (κ3) is 4.66. The number of hydrogen-bond acceptors (Lipinski definition) is 4. The van der Waals surface area contributed by atoms with Crippen molar-refractivity contribution in [2.75, 3.05) is 20.2 Å². The average molecular weight is 421 g/mol. The minimum absolute atomic E-state index is 0.103. The van der Waals surface area contributed by atoms with E-state index in [1.807, 2.05) is 24.3 Å². The van der Waals surface area contributed by atoms with Gasteiger partial charge in [0, 0.05) is 31.3 Å². The van der Waals surface area contributed by atoms with Crippen molar-refractivity contribution >= 4 is 5.91 Å². The van der Waals surface area contributed by atoms with Crippen LogP contribution in [0.4, 0.5) is 4.39 Å². The molecule has 4 rings (SSSR count). The highest BCUT2D eigenvalue weighted by Crippen LogP contribution is 2.22. The highest BCUT2D eigenvalue weighted by atomic mass is 19.1. The molecule has 0 aliphatic carbocycles. The summed E-state index contributed by atoms with van der Waals surface area (Å²) >= 11 is 0. The number of carbonyl (C=O) groups excluding carboxylic acids is 1. The minimum atomic E-state index is -0.499. The Morgan fingerprint density at radius 2 is 1.77 bits per heavy atom. The number of carbonyl (C=O) groups is 1. The van der Waals surface area contributed by atoms with Crippen LogP contribution in [-0.2, 0) is 6.54 Å². The SMILES string of the molecule is COc1ccc(-c2ccc(=O)n(CC3CCN(C(=O)c4ccccc4F)CC3)n2)cc1. The van der Waals surface area contributed by atoms with Gasteiger partial charge in [0.1, 0.15) is 11.6 Å². The van der Waals surface area contributed by atoms with Gasteiger partial charge in [0.15, 0.2) is 0 Å². The average Bonchev–Trinajstić information content (AvgIpc) is 2.81. The summed E-state index contributed by atoms with van der Waals surface area (Å²) in [6.45, 7) is 1.56. The van der Waals surface area contributed by atoms with Gasteiger partial charge in [-0.3, -0.25) is 9.59 Å². The number of piperidine rings is 1. The molecule has 0 unspecified atom stereocenters. The molecule has 2 heterocycles. The second-order valence-corrected chi connectivity index (χ2v) is 7.68. The van der Waals surface area contributed by atoms with E-state index < -0.39 is 5.82 Å². The molecule has 31 heavy (non-hydrogen) atoms. The molecule has 0 radical (unpaired) electrons. The maximum atomic E-state index is 13.9. The maximum absolute atomic E-state index is 13.9. The Kier molecular flexibility index (Phi) is 6.11. The van der Waals surface area contributed by atoms with E-state index in [9.17, 15) is 14.0 Å². The highest BCUT2D eigenvalue weighted by Gasteiger charge is 2.25. The van der Waals surface area contributed by atoms with E-state index in [-0.39, 0.29) is 22.9 Å². The van der Waals surface area contributed by atoms with E-state index in [2.05, 4.69) is 5.10 Å². The highest BCUT2D eigenvalue weighted by molar-refractivity contribution is 5.94. The summed E-state index contributed by atoms with van der Waals surface area (Å²) in [5.41, 5.74) is 1.57. The lowest BCUT2D eigenvalue weighted by Gasteiger charge is -2.32. The van der Waals surface area contributed by atoms with Gasteiger partial charge >= 0.3 is 0 Å². The lowest BCUT2D eigenvalue weighted by Crippen LogP contribution is -2.40. The summed E-state index contributed by atoms with van der Waals surface area (Å²) in [6, 6.07) is 16.8. The number of halogens is 1. The van der Waals surface area contributed by atoms with Gasteiger partial charge in [-0.2, -0.15) is 5.10 Å². The van der Waals surface area contributed by atoms with Gasteiger partial charge in [-0.15, -0.1) is 0 Å². The Balaban J connectivity index is 1.42. The van der Waals surface area contributed by atoms with E-state index in [4.69, 9.17) is 4.74 Å². The number of hydrogen-bond donors (Lipinski definition) is 0. The van der Waals surface area contributed by atoms with Crippen LogP contribution < -0.4 is 10.3 Å².